The minimum Gasteiger partial charge on any atom is -0.335 e. The van der Waals surface area contributed by atoms with E-state index in [4.69, 9.17) is 0 Å². The summed E-state index contributed by atoms with van der Waals surface area (Å²) in [5.41, 5.74) is 1.13. The molecule has 1 unspecified atom stereocenters. The van der Waals surface area contributed by atoms with Crippen LogP contribution >= 0.6 is 0 Å². The molecule has 2 amide bonds. The van der Waals surface area contributed by atoms with Gasteiger partial charge in [0.1, 0.15) is 0 Å². The zero-order chi connectivity index (χ0) is 17.3. The van der Waals surface area contributed by atoms with Crippen LogP contribution < -0.4 is 10.6 Å². The molecule has 1 saturated heterocycles. The van der Waals surface area contributed by atoms with E-state index in [9.17, 15) is 4.79 Å². The number of piperidine rings is 1. The number of hydrogen-bond donors (Lipinski definition) is 2. The molecule has 1 aliphatic heterocycles. The normalized spacial score (nSPS) is 21.5. The maximum atomic E-state index is 12.6. The molecule has 2 N–H and O–H groups in total. The molecule has 2 heterocycles. The number of rotatable bonds is 3. The Balaban J connectivity index is 2.01. The Morgan fingerprint density at radius 1 is 1.26 bits per heavy atom. The Morgan fingerprint density at radius 2 is 1.78 bits per heavy atom. The molecule has 1 aliphatic rings. The summed E-state index contributed by atoms with van der Waals surface area (Å²) >= 11 is 0. The fourth-order valence-corrected chi connectivity index (χ4v) is 3.74. The molecule has 0 bridgehead atoms. The average Bonchev–Trinajstić information content (AvgIpc) is 2.43. The summed E-state index contributed by atoms with van der Waals surface area (Å²) in [7, 11) is 1.85. The van der Waals surface area contributed by atoms with Gasteiger partial charge in [-0.15, -0.1) is 0 Å². The first-order chi connectivity index (χ1) is 10.6. The van der Waals surface area contributed by atoms with E-state index in [1.807, 2.05) is 26.1 Å². The van der Waals surface area contributed by atoms with Crippen molar-refractivity contribution in [2.45, 2.75) is 70.6 Å². The zero-order valence-electron chi connectivity index (χ0n) is 15.2. The van der Waals surface area contributed by atoms with Crippen molar-refractivity contribution in [1.29, 1.82) is 0 Å². The molecule has 128 valence electrons. The highest BCUT2D eigenvalue weighted by Crippen LogP contribution is 2.29. The Kier molecular flexibility index (Phi) is 4.99. The summed E-state index contributed by atoms with van der Waals surface area (Å²) < 4.78 is 0. The number of nitrogens with one attached hydrogen (secondary N) is 2. The highest BCUT2D eigenvalue weighted by molar-refractivity contribution is 5.74. The van der Waals surface area contributed by atoms with Crippen LogP contribution in [0.1, 0.15) is 59.1 Å². The van der Waals surface area contributed by atoms with Gasteiger partial charge >= 0.3 is 6.03 Å². The molecule has 23 heavy (non-hydrogen) atoms. The molecule has 5 nitrogen and oxygen atoms in total. The van der Waals surface area contributed by atoms with Crippen molar-refractivity contribution in [2.75, 3.05) is 7.05 Å². The predicted molar refractivity (Wildman–Crippen MR) is 93.3 cm³/mol. The quantitative estimate of drug-likeness (QED) is 0.900. The van der Waals surface area contributed by atoms with E-state index in [1.54, 1.807) is 17.3 Å². The van der Waals surface area contributed by atoms with Gasteiger partial charge in [0.2, 0.25) is 0 Å². The van der Waals surface area contributed by atoms with E-state index in [1.165, 1.54) is 0 Å². The first-order valence-corrected chi connectivity index (χ1v) is 8.32. The number of pyridine rings is 1. The lowest BCUT2D eigenvalue weighted by Gasteiger charge is -2.47. The number of carbonyl (C=O) groups excluding carboxylic acids is 1. The van der Waals surface area contributed by atoms with Gasteiger partial charge in [-0.3, -0.25) is 4.98 Å². The van der Waals surface area contributed by atoms with Crippen LogP contribution in [0.4, 0.5) is 4.79 Å². The number of aromatic nitrogens is 1. The second-order valence-electron chi connectivity index (χ2n) is 8.01. The molecule has 0 spiro atoms. The van der Waals surface area contributed by atoms with Crippen molar-refractivity contribution in [3.8, 4) is 0 Å². The number of carbonyl (C=O) groups is 1. The topological polar surface area (TPSA) is 57.3 Å². The Hall–Kier alpha value is -1.62. The van der Waals surface area contributed by atoms with Crippen LogP contribution in [-0.2, 0) is 0 Å². The number of amides is 2. The van der Waals surface area contributed by atoms with Crippen LogP contribution in [0.5, 0.6) is 0 Å². The van der Waals surface area contributed by atoms with E-state index in [0.29, 0.717) is 0 Å². The van der Waals surface area contributed by atoms with Crippen LogP contribution in [0.2, 0.25) is 0 Å². The van der Waals surface area contributed by atoms with E-state index in [-0.39, 0.29) is 29.2 Å². The third kappa shape index (κ3) is 4.67. The lowest BCUT2D eigenvalue weighted by Crippen LogP contribution is -2.62. The molecule has 0 saturated carbocycles. The molecule has 5 heteroatoms. The van der Waals surface area contributed by atoms with E-state index in [2.05, 4.69) is 43.3 Å². The van der Waals surface area contributed by atoms with Gasteiger partial charge in [-0.25, -0.2) is 4.79 Å². The minimum absolute atomic E-state index is 0.0146. The smallest absolute Gasteiger partial charge is 0.317 e. The highest BCUT2D eigenvalue weighted by atomic mass is 16.2. The van der Waals surface area contributed by atoms with Gasteiger partial charge in [-0.05, 0) is 65.2 Å². The average molecular weight is 318 g/mol. The Labute approximate surface area is 139 Å². The van der Waals surface area contributed by atoms with Gasteiger partial charge in [0.05, 0.1) is 6.04 Å². The van der Waals surface area contributed by atoms with Gasteiger partial charge in [0.25, 0.3) is 0 Å². The fourth-order valence-electron chi connectivity index (χ4n) is 3.74. The third-order valence-corrected chi connectivity index (χ3v) is 4.61. The van der Waals surface area contributed by atoms with Gasteiger partial charge < -0.3 is 15.5 Å². The monoisotopic (exact) mass is 318 g/mol. The second kappa shape index (κ2) is 6.48. The summed E-state index contributed by atoms with van der Waals surface area (Å²) in [6.45, 7) is 10.8. The van der Waals surface area contributed by atoms with Crippen molar-refractivity contribution in [3.63, 3.8) is 0 Å². The van der Waals surface area contributed by atoms with Crippen LogP contribution in [-0.4, -0.2) is 40.1 Å². The Bertz CT molecular complexity index is 525. The van der Waals surface area contributed by atoms with Gasteiger partial charge in [0, 0.05) is 36.6 Å². The van der Waals surface area contributed by atoms with E-state index < -0.39 is 0 Å². The summed E-state index contributed by atoms with van der Waals surface area (Å²) in [6.07, 6.45) is 5.38. The van der Waals surface area contributed by atoms with Crippen molar-refractivity contribution >= 4 is 6.03 Å². The van der Waals surface area contributed by atoms with Crippen molar-refractivity contribution in [1.82, 2.24) is 20.5 Å². The van der Waals surface area contributed by atoms with Crippen LogP contribution in [0, 0.1) is 0 Å². The summed E-state index contributed by atoms with van der Waals surface area (Å²) in [5, 5.41) is 6.85. The molecule has 1 fully saturated rings. The predicted octanol–water partition coefficient (Wildman–Crippen LogP) is 3.09. The van der Waals surface area contributed by atoms with Gasteiger partial charge in [0.15, 0.2) is 0 Å². The van der Waals surface area contributed by atoms with Crippen LogP contribution in [0.15, 0.2) is 24.5 Å². The molecular weight excluding hydrogens is 288 g/mol. The molecule has 2 rings (SSSR count). The van der Waals surface area contributed by atoms with Gasteiger partial charge in [-0.2, -0.15) is 0 Å². The van der Waals surface area contributed by atoms with Crippen LogP contribution in [0.25, 0.3) is 0 Å². The number of nitrogens with zero attached hydrogens (tertiary/aromatic N) is 2. The zero-order valence-corrected chi connectivity index (χ0v) is 15.2. The lowest BCUT2D eigenvalue weighted by molar-refractivity contribution is 0.137. The number of hydrogen-bond acceptors (Lipinski definition) is 3. The van der Waals surface area contributed by atoms with Crippen molar-refractivity contribution in [3.05, 3.63) is 30.1 Å². The molecule has 0 aromatic carbocycles. The maximum Gasteiger partial charge on any atom is 0.317 e. The van der Waals surface area contributed by atoms with Gasteiger partial charge in [-0.1, -0.05) is 0 Å². The molecule has 1 aromatic rings. The summed E-state index contributed by atoms with van der Waals surface area (Å²) in [6, 6.07) is 4.07. The second-order valence-corrected chi connectivity index (χ2v) is 8.01. The maximum absolute atomic E-state index is 12.6. The molecular formula is C18H30N4O. The molecule has 1 aromatic heterocycles. The highest BCUT2D eigenvalue weighted by Gasteiger charge is 2.38. The van der Waals surface area contributed by atoms with E-state index >= 15 is 0 Å². The molecule has 0 radical (unpaired) electrons. The SMILES string of the molecule is CC(c1ccncc1)N(C)C(=O)NC1CC(C)(C)NC(C)(C)C1. The Morgan fingerprint density at radius 3 is 2.30 bits per heavy atom. The minimum atomic E-state index is -0.0205. The first-order valence-electron chi connectivity index (χ1n) is 8.32. The van der Waals surface area contributed by atoms with Crippen LogP contribution in [0.3, 0.4) is 0 Å². The molecule has 0 aliphatic carbocycles. The molecule has 1 atom stereocenters. The van der Waals surface area contributed by atoms with Crippen molar-refractivity contribution in [2.24, 2.45) is 0 Å². The number of urea groups is 1. The standard InChI is InChI=1S/C18H30N4O/c1-13(14-7-9-19-10-8-14)22(6)16(23)20-15-11-17(2,3)21-18(4,5)12-15/h7-10,13,15,21H,11-12H2,1-6H3,(H,20,23). The van der Waals surface area contributed by atoms with E-state index in [0.717, 1.165) is 18.4 Å². The summed E-state index contributed by atoms with van der Waals surface area (Å²) in [4.78, 5) is 18.4. The largest absolute Gasteiger partial charge is 0.335 e. The third-order valence-electron chi connectivity index (χ3n) is 4.61. The lowest BCUT2D eigenvalue weighted by atomic mass is 9.79. The first kappa shape index (κ1) is 17.7. The summed E-state index contributed by atoms with van der Waals surface area (Å²) in [5.74, 6) is 0. The fraction of sp³-hybridized carbons (Fsp3) is 0.667. The van der Waals surface area contributed by atoms with Crippen molar-refractivity contribution < 1.29 is 4.79 Å².